The minimum absolute atomic E-state index is 0.358. The molecule has 0 aromatic carbocycles. The first-order valence-electron chi connectivity index (χ1n) is 5.05. The van der Waals surface area contributed by atoms with Crippen molar-refractivity contribution in [2.45, 2.75) is 26.3 Å². The van der Waals surface area contributed by atoms with Crippen molar-refractivity contribution in [3.8, 4) is 0 Å². The van der Waals surface area contributed by atoms with E-state index in [1.165, 1.54) is 0 Å². The maximum atomic E-state index is 5.25. The lowest BCUT2D eigenvalue weighted by Gasteiger charge is -2.10. The Morgan fingerprint density at radius 2 is 2.50 bits per heavy atom. The zero-order chi connectivity index (χ0) is 10.2. The van der Waals surface area contributed by atoms with Crippen LogP contribution in [0, 0.1) is 0 Å². The quantitative estimate of drug-likeness (QED) is 0.707. The van der Waals surface area contributed by atoms with Gasteiger partial charge in [-0.1, -0.05) is 0 Å². The number of ether oxygens (including phenoxy) is 1. The summed E-state index contributed by atoms with van der Waals surface area (Å²) in [6, 6.07) is 0.358. The lowest BCUT2D eigenvalue weighted by atomic mass is 10.3. The van der Waals surface area contributed by atoms with Gasteiger partial charge in [-0.2, -0.15) is 0 Å². The third-order valence-electron chi connectivity index (χ3n) is 1.94. The molecule has 1 aromatic heterocycles. The van der Waals surface area contributed by atoms with E-state index < -0.39 is 0 Å². The highest BCUT2D eigenvalue weighted by atomic mass is 32.1. The number of rotatable bonds is 7. The van der Waals surface area contributed by atoms with Crippen LogP contribution in [0.2, 0.25) is 0 Å². The molecule has 1 atom stereocenters. The molecule has 1 N–H and O–H groups in total. The predicted octanol–water partition coefficient (Wildman–Crippen LogP) is 2.22. The van der Waals surface area contributed by atoms with Crippen molar-refractivity contribution in [1.29, 1.82) is 0 Å². The summed E-state index contributed by atoms with van der Waals surface area (Å²) in [6.07, 6.45) is 2.90. The van der Waals surface area contributed by atoms with Crippen LogP contribution in [0.4, 0.5) is 0 Å². The van der Waals surface area contributed by atoms with Gasteiger partial charge in [-0.15, -0.1) is 11.3 Å². The highest BCUT2D eigenvalue weighted by Gasteiger charge is 2.05. The van der Waals surface area contributed by atoms with Crippen molar-refractivity contribution in [3.05, 3.63) is 16.6 Å². The van der Waals surface area contributed by atoms with Crippen LogP contribution < -0.4 is 5.32 Å². The maximum absolute atomic E-state index is 5.25. The average Bonchev–Trinajstić information content (AvgIpc) is 2.70. The molecule has 0 saturated heterocycles. The Balaban J connectivity index is 2.07. The van der Waals surface area contributed by atoms with E-state index in [0.717, 1.165) is 31.2 Å². The first-order chi connectivity index (χ1) is 6.84. The number of nitrogens with one attached hydrogen (secondary N) is 1. The van der Waals surface area contributed by atoms with E-state index in [-0.39, 0.29) is 0 Å². The van der Waals surface area contributed by atoms with Crippen LogP contribution in [0.5, 0.6) is 0 Å². The van der Waals surface area contributed by atoms with Crippen molar-refractivity contribution in [3.63, 3.8) is 0 Å². The monoisotopic (exact) mass is 214 g/mol. The fraction of sp³-hybridized carbons (Fsp3) is 0.700. The molecule has 14 heavy (non-hydrogen) atoms. The Kier molecular flexibility index (Phi) is 5.75. The number of aromatic nitrogens is 1. The standard InChI is InChI=1S/C10H18N2OS/c1-3-13-7-4-5-11-9(2)10-12-6-8-14-10/h6,8-9,11H,3-5,7H2,1-2H3/t9-/m1/s1. The summed E-state index contributed by atoms with van der Waals surface area (Å²) in [5.74, 6) is 0. The summed E-state index contributed by atoms with van der Waals surface area (Å²) < 4.78 is 5.25. The van der Waals surface area contributed by atoms with E-state index in [0.29, 0.717) is 6.04 Å². The molecule has 1 rings (SSSR count). The van der Waals surface area contributed by atoms with Gasteiger partial charge in [-0.25, -0.2) is 4.98 Å². The highest BCUT2D eigenvalue weighted by Crippen LogP contribution is 2.14. The maximum Gasteiger partial charge on any atom is 0.109 e. The van der Waals surface area contributed by atoms with E-state index in [2.05, 4.69) is 17.2 Å². The normalized spacial score (nSPS) is 13.0. The zero-order valence-corrected chi connectivity index (χ0v) is 9.64. The molecule has 80 valence electrons. The summed E-state index contributed by atoms with van der Waals surface area (Å²) in [4.78, 5) is 4.26. The Morgan fingerprint density at radius 1 is 1.64 bits per heavy atom. The fourth-order valence-corrected chi connectivity index (χ4v) is 1.84. The van der Waals surface area contributed by atoms with Crippen molar-refractivity contribution in [1.82, 2.24) is 10.3 Å². The van der Waals surface area contributed by atoms with Gasteiger partial charge in [-0.05, 0) is 26.8 Å². The molecule has 0 bridgehead atoms. The minimum atomic E-state index is 0.358. The van der Waals surface area contributed by atoms with Gasteiger partial charge in [0.2, 0.25) is 0 Å². The second-order valence-corrected chi connectivity index (χ2v) is 4.02. The van der Waals surface area contributed by atoms with Crippen molar-refractivity contribution >= 4 is 11.3 Å². The highest BCUT2D eigenvalue weighted by molar-refractivity contribution is 7.09. The zero-order valence-electron chi connectivity index (χ0n) is 8.82. The summed E-state index contributed by atoms with van der Waals surface area (Å²) in [5.41, 5.74) is 0. The Hall–Kier alpha value is -0.450. The second-order valence-electron chi connectivity index (χ2n) is 3.10. The van der Waals surface area contributed by atoms with Crippen LogP contribution in [0.15, 0.2) is 11.6 Å². The second kappa shape index (κ2) is 6.92. The molecule has 0 spiro atoms. The minimum Gasteiger partial charge on any atom is -0.382 e. The van der Waals surface area contributed by atoms with Gasteiger partial charge < -0.3 is 10.1 Å². The molecule has 4 heteroatoms. The largest absolute Gasteiger partial charge is 0.382 e. The number of nitrogens with zero attached hydrogens (tertiary/aromatic N) is 1. The third kappa shape index (κ3) is 4.17. The summed E-state index contributed by atoms with van der Waals surface area (Å²) in [7, 11) is 0. The summed E-state index contributed by atoms with van der Waals surface area (Å²) in [5, 5.41) is 6.57. The molecule has 0 fully saturated rings. The summed E-state index contributed by atoms with van der Waals surface area (Å²) >= 11 is 1.69. The lowest BCUT2D eigenvalue weighted by Crippen LogP contribution is -2.20. The van der Waals surface area contributed by atoms with Gasteiger partial charge in [0.15, 0.2) is 0 Å². The molecule has 0 aliphatic heterocycles. The molecule has 0 unspecified atom stereocenters. The van der Waals surface area contributed by atoms with Crippen LogP contribution in [0.3, 0.4) is 0 Å². The van der Waals surface area contributed by atoms with Crippen molar-refractivity contribution in [2.24, 2.45) is 0 Å². The molecule has 0 aliphatic carbocycles. The Bertz CT molecular complexity index is 226. The van der Waals surface area contributed by atoms with E-state index in [9.17, 15) is 0 Å². The van der Waals surface area contributed by atoms with Crippen LogP contribution in [0.1, 0.15) is 31.3 Å². The van der Waals surface area contributed by atoms with Crippen LogP contribution in [-0.2, 0) is 4.74 Å². The van der Waals surface area contributed by atoms with E-state index in [4.69, 9.17) is 4.74 Å². The molecule has 0 saturated carbocycles. The first kappa shape index (κ1) is 11.6. The van der Waals surface area contributed by atoms with Crippen LogP contribution in [0.25, 0.3) is 0 Å². The number of hydrogen-bond donors (Lipinski definition) is 1. The molecular weight excluding hydrogens is 196 g/mol. The topological polar surface area (TPSA) is 34.1 Å². The fourth-order valence-electron chi connectivity index (χ4n) is 1.17. The van der Waals surface area contributed by atoms with Gasteiger partial charge in [0, 0.05) is 24.8 Å². The van der Waals surface area contributed by atoms with Gasteiger partial charge >= 0.3 is 0 Å². The SMILES string of the molecule is CCOCCCN[C@H](C)c1nccs1. The summed E-state index contributed by atoms with van der Waals surface area (Å²) in [6.45, 7) is 6.79. The third-order valence-corrected chi connectivity index (χ3v) is 2.90. The molecule has 3 nitrogen and oxygen atoms in total. The smallest absolute Gasteiger partial charge is 0.109 e. The lowest BCUT2D eigenvalue weighted by molar-refractivity contribution is 0.144. The van der Waals surface area contributed by atoms with Crippen LogP contribution in [-0.4, -0.2) is 24.7 Å². The Labute approximate surface area is 89.5 Å². The number of thiazole rings is 1. The molecule has 0 aliphatic rings. The van der Waals surface area contributed by atoms with Gasteiger partial charge in [0.1, 0.15) is 5.01 Å². The molecule has 1 heterocycles. The van der Waals surface area contributed by atoms with Crippen molar-refractivity contribution in [2.75, 3.05) is 19.8 Å². The molecule has 1 aromatic rings. The van der Waals surface area contributed by atoms with Gasteiger partial charge in [-0.3, -0.25) is 0 Å². The first-order valence-corrected chi connectivity index (χ1v) is 5.93. The van der Waals surface area contributed by atoms with Crippen molar-refractivity contribution < 1.29 is 4.74 Å². The average molecular weight is 214 g/mol. The van der Waals surface area contributed by atoms with Gasteiger partial charge in [0.25, 0.3) is 0 Å². The van der Waals surface area contributed by atoms with Gasteiger partial charge in [0.05, 0.1) is 6.04 Å². The van der Waals surface area contributed by atoms with E-state index in [1.807, 2.05) is 18.5 Å². The van der Waals surface area contributed by atoms with Crippen LogP contribution >= 0.6 is 11.3 Å². The predicted molar refractivity (Wildman–Crippen MR) is 59.6 cm³/mol. The Morgan fingerprint density at radius 3 is 3.14 bits per heavy atom. The van der Waals surface area contributed by atoms with E-state index in [1.54, 1.807) is 11.3 Å². The van der Waals surface area contributed by atoms with E-state index >= 15 is 0 Å². The number of hydrogen-bond acceptors (Lipinski definition) is 4. The molecule has 0 radical (unpaired) electrons. The molecular formula is C10H18N2OS. The molecule has 0 amide bonds.